The van der Waals surface area contributed by atoms with Gasteiger partial charge in [-0.05, 0) is 23.3 Å². The van der Waals surface area contributed by atoms with Crippen LogP contribution in [-0.4, -0.2) is 5.78 Å². The monoisotopic (exact) mass is 446 g/mol. The summed E-state index contributed by atoms with van der Waals surface area (Å²) in [6.07, 6.45) is 6.79. The maximum absolute atomic E-state index is 11.6. The van der Waals surface area contributed by atoms with Gasteiger partial charge in [0.1, 0.15) is 0 Å². The summed E-state index contributed by atoms with van der Waals surface area (Å²) in [6.45, 7) is 0. The summed E-state index contributed by atoms with van der Waals surface area (Å²) in [7, 11) is 0. The van der Waals surface area contributed by atoms with Crippen LogP contribution in [0.1, 0.15) is 11.1 Å². The standard InChI is InChI=1S/C17H14O.2Pd/c18-17(13-11-15-7-3-1-4-8-15)14-12-16-9-5-2-6-10-16;;/h1-14H;;/b13-11+,14-12+;;. The van der Waals surface area contributed by atoms with Gasteiger partial charge in [0, 0.05) is 40.8 Å². The van der Waals surface area contributed by atoms with Crippen LogP contribution >= 0.6 is 0 Å². The summed E-state index contributed by atoms with van der Waals surface area (Å²) < 4.78 is 0. The van der Waals surface area contributed by atoms with E-state index in [-0.39, 0.29) is 46.6 Å². The van der Waals surface area contributed by atoms with Crippen LogP contribution in [0.4, 0.5) is 0 Å². The smallest absolute Gasteiger partial charge is 0.178 e. The Morgan fingerprint density at radius 1 is 0.650 bits per heavy atom. The Hall–Kier alpha value is -1.09. The molecule has 0 fully saturated rings. The van der Waals surface area contributed by atoms with Crippen molar-refractivity contribution in [2.45, 2.75) is 0 Å². The van der Waals surface area contributed by atoms with Gasteiger partial charge in [0.15, 0.2) is 5.78 Å². The molecule has 0 saturated carbocycles. The number of benzene rings is 2. The van der Waals surface area contributed by atoms with Crippen LogP contribution in [0.15, 0.2) is 72.8 Å². The third-order valence-electron chi connectivity index (χ3n) is 2.48. The Morgan fingerprint density at radius 2 is 1.00 bits per heavy atom. The minimum absolute atomic E-state index is 0. The van der Waals surface area contributed by atoms with E-state index in [4.69, 9.17) is 0 Å². The second-order valence-electron chi connectivity index (χ2n) is 3.89. The molecule has 0 heterocycles. The first-order valence-electron chi connectivity index (χ1n) is 5.85. The van der Waals surface area contributed by atoms with E-state index in [0.717, 1.165) is 11.1 Å². The first-order valence-corrected chi connectivity index (χ1v) is 5.85. The Bertz CT molecular complexity index is 509. The van der Waals surface area contributed by atoms with E-state index in [1.165, 1.54) is 0 Å². The van der Waals surface area contributed by atoms with Gasteiger partial charge in [0.05, 0.1) is 0 Å². The Morgan fingerprint density at radius 3 is 1.35 bits per heavy atom. The molecule has 3 heteroatoms. The number of carbonyl (C=O) groups is 1. The summed E-state index contributed by atoms with van der Waals surface area (Å²) in [5.74, 6) is -0.0114. The van der Waals surface area contributed by atoms with Crippen LogP contribution in [0.25, 0.3) is 12.2 Å². The number of allylic oxidation sites excluding steroid dienone is 2. The van der Waals surface area contributed by atoms with Crippen molar-refractivity contribution in [2.75, 3.05) is 0 Å². The fraction of sp³-hybridized carbons (Fsp3) is 0. The maximum Gasteiger partial charge on any atom is 0.178 e. The average molecular weight is 447 g/mol. The topological polar surface area (TPSA) is 17.1 Å². The Kier molecular flexibility index (Phi) is 10.1. The van der Waals surface area contributed by atoms with Crippen molar-refractivity contribution in [1.29, 1.82) is 0 Å². The molecule has 2 aromatic carbocycles. The second kappa shape index (κ2) is 10.7. The number of rotatable bonds is 4. The largest absolute Gasteiger partial charge is 0.290 e. The van der Waals surface area contributed by atoms with Crippen molar-refractivity contribution >= 4 is 17.9 Å². The van der Waals surface area contributed by atoms with Crippen LogP contribution < -0.4 is 0 Å². The predicted octanol–water partition coefficient (Wildman–Crippen LogP) is 3.98. The molecule has 2 rings (SSSR count). The quantitative estimate of drug-likeness (QED) is 0.512. The van der Waals surface area contributed by atoms with Crippen molar-refractivity contribution in [3.8, 4) is 0 Å². The average Bonchev–Trinajstić information content (AvgIpc) is 2.45. The third-order valence-corrected chi connectivity index (χ3v) is 2.48. The molecule has 0 N–H and O–H groups in total. The second-order valence-corrected chi connectivity index (χ2v) is 3.89. The van der Waals surface area contributed by atoms with Crippen LogP contribution in [0.5, 0.6) is 0 Å². The van der Waals surface area contributed by atoms with Crippen LogP contribution in [0.2, 0.25) is 0 Å². The summed E-state index contributed by atoms with van der Waals surface area (Å²) in [5.41, 5.74) is 2.05. The molecular weight excluding hydrogens is 433 g/mol. The van der Waals surface area contributed by atoms with Crippen LogP contribution in [0.3, 0.4) is 0 Å². The van der Waals surface area contributed by atoms with E-state index in [2.05, 4.69) is 0 Å². The zero-order chi connectivity index (χ0) is 12.6. The zero-order valence-electron chi connectivity index (χ0n) is 10.6. The molecule has 0 radical (unpaired) electrons. The minimum atomic E-state index is -0.0114. The van der Waals surface area contributed by atoms with E-state index in [1.807, 2.05) is 72.8 Å². The van der Waals surface area contributed by atoms with Gasteiger partial charge in [-0.25, -0.2) is 0 Å². The van der Waals surface area contributed by atoms with Crippen LogP contribution in [-0.2, 0) is 45.6 Å². The zero-order valence-corrected chi connectivity index (χ0v) is 13.7. The fourth-order valence-corrected chi connectivity index (χ4v) is 1.54. The minimum Gasteiger partial charge on any atom is -0.290 e. The van der Waals surface area contributed by atoms with E-state index in [0.29, 0.717) is 0 Å². The molecule has 0 unspecified atom stereocenters. The molecule has 0 aliphatic heterocycles. The first kappa shape index (κ1) is 18.9. The van der Waals surface area contributed by atoms with Gasteiger partial charge in [-0.15, -0.1) is 0 Å². The van der Waals surface area contributed by atoms with E-state index in [1.54, 1.807) is 12.2 Å². The van der Waals surface area contributed by atoms with Crippen LogP contribution in [0, 0.1) is 0 Å². The SMILES string of the molecule is O=C(/C=C/c1ccccc1)/C=C/c1ccccc1.[Pd].[Pd]. The van der Waals surface area contributed by atoms with Crippen molar-refractivity contribution < 1.29 is 45.6 Å². The molecule has 2 aromatic rings. The maximum atomic E-state index is 11.6. The molecule has 0 spiro atoms. The van der Waals surface area contributed by atoms with E-state index < -0.39 is 0 Å². The normalized spacial score (nSPS) is 10.0. The summed E-state index contributed by atoms with van der Waals surface area (Å²) in [6, 6.07) is 19.6. The molecule has 0 aromatic heterocycles. The molecule has 0 aliphatic carbocycles. The summed E-state index contributed by atoms with van der Waals surface area (Å²) in [4.78, 5) is 11.6. The van der Waals surface area contributed by atoms with Crippen molar-refractivity contribution in [1.82, 2.24) is 0 Å². The van der Waals surface area contributed by atoms with Gasteiger partial charge in [0.2, 0.25) is 0 Å². The Balaban J connectivity index is 0.00000180. The molecule has 0 aliphatic rings. The van der Waals surface area contributed by atoms with Crippen molar-refractivity contribution in [2.24, 2.45) is 0 Å². The van der Waals surface area contributed by atoms with E-state index in [9.17, 15) is 4.79 Å². The molecule has 1 nitrogen and oxygen atoms in total. The van der Waals surface area contributed by atoms with Gasteiger partial charge in [-0.3, -0.25) is 4.79 Å². The predicted molar refractivity (Wildman–Crippen MR) is 76.0 cm³/mol. The fourth-order valence-electron chi connectivity index (χ4n) is 1.54. The molecule has 20 heavy (non-hydrogen) atoms. The molecular formula is C17H14OPd2. The van der Waals surface area contributed by atoms with Crippen molar-refractivity contribution in [3.63, 3.8) is 0 Å². The summed E-state index contributed by atoms with van der Waals surface area (Å²) in [5, 5.41) is 0. The molecule has 0 saturated heterocycles. The van der Waals surface area contributed by atoms with E-state index >= 15 is 0 Å². The number of hydrogen-bond donors (Lipinski definition) is 0. The first-order chi connectivity index (χ1) is 8.84. The number of carbonyl (C=O) groups excluding carboxylic acids is 1. The van der Waals surface area contributed by atoms with Gasteiger partial charge in [0.25, 0.3) is 0 Å². The molecule has 108 valence electrons. The van der Waals surface area contributed by atoms with Gasteiger partial charge in [-0.2, -0.15) is 0 Å². The number of hydrogen-bond acceptors (Lipinski definition) is 1. The van der Waals surface area contributed by atoms with Crippen molar-refractivity contribution in [3.05, 3.63) is 83.9 Å². The molecule has 0 atom stereocenters. The Labute approximate surface area is 147 Å². The van der Waals surface area contributed by atoms with Gasteiger partial charge in [-0.1, -0.05) is 72.8 Å². The van der Waals surface area contributed by atoms with Gasteiger partial charge < -0.3 is 0 Å². The number of ketones is 1. The summed E-state index contributed by atoms with van der Waals surface area (Å²) >= 11 is 0. The third kappa shape index (κ3) is 6.90. The molecule has 0 bridgehead atoms. The molecule has 0 amide bonds. The van der Waals surface area contributed by atoms with Gasteiger partial charge >= 0.3 is 0 Å².